The van der Waals surface area contributed by atoms with Gasteiger partial charge in [-0.3, -0.25) is 9.59 Å². The monoisotopic (exact) mass is 564 g/mol. The Bertz CT molecular complexity index is 1380. The molecule has 2 unspecified atom stereocenters. The number of carbonyl (C=O) groups excluding carboxylic acids is 2. The number of phenolic OH excluding ortho intramolecular Hbond substituents is 2. The van der Waals surface area contributed by atoms with Gasteiger partial charge in [-0.2, -0.15) is 0 Å². The van der Waals surface area contributed by atoms with Gasteiger partial charge in [0.1, 0.15) is 35.6 Å². The van der Waals surface area contributed by atoms with Crippen molar-refractivity contribution in [1.29, 1.82) is 0 Å². The molecule has 7 N–H and O–H groups in total. The van der Waals surface area contributed by atoms with Gasteiger partial charge in [0.15, 0.2) is 18.2 Å². The predicted molar refractivity (Wildman–Crippen MR) is 131 cm³/mol. The van der Waals surface area contributed by atoms with Crippen LogP contribution in [0, 0.1) is 0 Å². The van der Waals surface area contributed by atoms with Gasteiger partial charge < -0.3 is 50.0 Å². The van der Waals surface area contributed by atoms with Crippen molar-refractivity contribution in [1.82, 2.24) is 0 Å². The molecule has 0 radical (unpaired) electrons. The second-order valence-electron chi connectivity index (χ2n) is 10.3. The van der Waals surface area contributed by atoms with Crippen LogP contribution in [0.15, 0.2) is 18.2 Å². The Balaban J connectivity index is 1.69. The molecule has 216 valence electrons. The summed E-state index contributed by atoms with van der Waals surface area (Å²) in [6, 6.07) is 4.25. The zero-order valence-corrected chi connectivity index (χ0v) is 21.4. The summed E-state index contributed by atoms with van der Waals surface area (Å²) in [7, 11) is 1.29. The summed E-state index contributed by atoms with van der Waals surface area (Å²) >= 11 is 0. The third-order valence-electron chi connectivity index (χ3n) is 7.96. The highest BCUT2D eigenvalue weighted by Gasteiger charge is 2.51. The lowest BCUT2D eigenvalue weighted by molar-refractivity contribution is -0.296. The minimum absolute atomic E-state index is 0.0452. The van der Waals surface area contributed by atoms with E-state index in [0.29, 0.717) is 0 Å². The highest BCUT2D eigenvalue weighted by molar-refractivity contribution is 6.31. The van der Waals surface area contributed by atoms with Gasteiger partial charge in [-0.1, -0.05) is 12.1 Å². The van der Waals surface area contributed by atoms with Crippen LogP contribution < -0.4 is 4.74 Å². The van der Waals surface area contributed by atoms with Gasteiger partial charge in [-0.15, -0.1) is 0 Å². The summed E-state index contributed by atoms with van der Waals surface area (Å²) in [6.07, 6.45) is -13.3. The molecule has 0 amide bonds. The van der Waals surface area contributed by atoms with Crippen LogP contribution in [0.2, 0.25) is 0 Å². The number of carbonyl (C=O) groups is 2. The van der Waals surface area contributed by atoms with Gasteiger partial charge in [-0.25, -0.2) is 4.39 Å². The van der Waals surface area contributed by atoms with Crippen LogP contribution >= 0.6 is 0 Å². The van der Waals surface area contributed by atoms with Crippen molar-refractivity contribution in [3.63, 3.8) is 0 Å². The van der Waals surface area contributed by atoms with Crippen molar-refractivity contribution < 1.29 is 63.9 Å². The number of hydrogen-bond donors (Lipinski definition) is 7. The molecule has 8 atom stereocenters. The van der Waals surface area contributed by atoms with Crippen LogP contribution in [0.4, 0.5) is 4.39 Å². The van der Waals surface area contributed by atoms with E-state index in [0.717, 1.165) is 0 Å². The van der Waals surface area contributed by atoms with Gasteiger partial charge in [0.2, 0.25) is 5.78 Å². The summed E-state index contributed by atoms with van der Waals surface area (Å²) in [6.45, 7) is 0.431. The number of methoxy groups -OCH3 is 1. The third kappa shape index (κ3) is 4.08. The van der Waals surface area contributed by atoms with Crippen molar-refractivity contribution in [2.24, 2.45) is 0 Å². The topological polar surface area (TPSA) is 203 Å². The predicted octanol–water partition coefficient (Wildman–Crippen LogP) is -0.225. The molecule has 2 aromatic carbocycles. The fourth-order valence-electron chi connectivity index (χ4n) is 5.75. The smallest absolute Gasteiger partial charge is 0.202 e. The minimum Gasteiger partial charge on any atom is -0.507 e. The Morgan fingerprint density at radius 3 is 2.42 bits per heavy atom. The normalized spacial score (nSPS) is 32.2. The van der Waals surface area contributed by atoms with Crippen LogP contribution in [0.1, 0.15) is 62.4 Å². The molecule has 40 heavy (non-hydrogen) atoms. The molecule has 1 fully saturated rings. The van der Waals surface area contributed by atoms with Gasteiger partial charge in [0, 0.05) is 29.5 Å². The van der Waals surface area contributed by atoms with Crippen LogP contribution in [0.25, 0.3) is 0 Å². The Morgan fingerprint density at radius 2 is 1.77 bits per heavy atom. The maximum atomic E-state index is 15.0. The van der Waals surface area contributed by atoms with Gasteiger partial charge in [0.25, 0.3) is 0 Å². The highest BCUT2D eigenvalue weighted by Crippen LogP contribution is 2.53. The number of hydrogen-bond acceptors (Lipinski definition) is 12. The van der Waals surface area contributed by atoms with Crippen LogP contribution in [0.5, 0.6) is 17.2 Å². The SMILES string of the molecule is COc1cccc2c1C(=O)c1c(O)c3c(c(O)c1C2=O)C[C@@](O)(C(O)CO)CC3O[C@@H]1O[C@@H](C)[C@@H](O)[C@@H](O)[C@H]1F. The Hall–Kier alpha value is -3.17. The number of phenols is 2. The number of fused-ring (bicyclic) bond motifs is 3. The number of alkyl halides is 1. The molecular formula is C27H29FO12. The molecule has 5 rings (SSSR count). The van der Waals surface area contributed by atoms with E-state index in [1.165, 1.54) is 32.2 Å². The summed E-state index contributed by atoms with van der Waals surface area (Å²) in [5.74, 6) is -3.20. The highest BCUT2D eigenvalue weighted by atomic mass is 19.1. The largest absolute Gasteiger partial charge is 0.507 e. The molecule has 1 heterocycles. The fraction of sp³-hybridized carbons (Fsp3) is 0.481. The molecule has 3 aliphatic rings. The van der Waals surface area contributed by atoms with Gasteiger partial charge >= 0.3 is 0 Å². The molecule has 0 aromatic heterocycles. The summed E-state index contributed by atoms with van der Waals surface area (Å²) in [4.78, 5) is 27.1. The van der Waals surface area contributed by atoms with Crippen LogP contribution in [0.3, 0.4) is 0 Å². The van der Waals surface area contributed by atoms with Crippen LogP contribution in [-0.2, 0) is 15.9 Å². The summed E-state index contributed by atoms with van der Waals surface area (Å²) in [5.41, 5.74) is -4.14. The number of aliphatic hydroxyl groups is 5. The molecular weight excluding hydrogens is 535 g/mol. The van der Waals surface area contributed by atoms with E-state index in [1.807, 2.05) is 0 Å². The van der Waals surface area contributed by atoms with Crippen molar-refractivity contribution in [3.8, 4) is 17.2 Å². The molecule has 1 saturated heterocycles. The average molecular weight is 565 g/mol. The van der Waals surface area contributed by atoms with Crippen LogP contribution in [-0.4, -0.2) is 104 Å². The number of rotatable bonds is 5. The first kappa shape index (κ1) is 28.4. The summed E-state index contributed by atoms with van der Waals surface area (Å²) in [5, 5.41) is 74.1. The molecule has 0 spiro atoms. The third-order valence-corrected chi connectivity index (χ3v) is 7.96. The van der Waals surface area contributed by atoms with E-state index in [2.05, 4.69) is 0 Å². The first-order valence-corrected chi connectivity index (χ1v) is 12.6. The number of aliphatic hydroxyl groups excluding tert-OH is 4. The zero-order chi connectivity index (χ0) is 29.3. The summed E-state index contributed by atoms with van der Waals surface area (Å²) < 4.78 is 31.3. The van der Waals surface area contributed by atoms with Crippen molar-refractivity contribution in [3.05, 3.63) is 51.6 Å². The number of halogens is 1. The lowest BCUT2D eigenvalue weighted by Crippen LogP contribution is -2.56. The van der Waals surface area contributed by atoms with E-state index >= 15 is 0 Å². The van der Waals surface area contributed by atoms with E-state index in [9.17, 15) is 49.7 Å². The Kier molecular flexibility index (Phi) is 7.11. The van der Waals surface area contributed by atoms with Crippen molar-refractivity contribution >= 4 is 11.6 Å². The number of ether oxygens (including phenoxy) is 3. The maximum Gasteiger partial charge on any atom is 0.202 e. The Labute approximate surface area is 226 Å². The van der Waals surface area contributed by atoms with Crippen molar-refractivity contribution in [2.75, 3.05) is 13.7 Å². The van der Waals surface area contributed by atoms with Gasteiger partial charge in [-0.05, 0) is 13.0 Å². The fourth-order valence-corrected chi connectivity index (χ4v) is 5.75. The lowest BCUT2D eigenvalue weighted by atomic mass is 9.71. The second-order valence-corrected chi connectivity index (χ2v) is 10.3. The second kappa shape index (κ2) is 10.0. The first-order chi connectivity index (χ1) is 18.9. The molecule has 0 saturated carbocycles. The molecule has 2 aliphatic carbocycles. The van der Waals surface area contributed by atoms with E-state index in [1.54, 1.807) is 0 Å². The first-order valence-electron chi connectivity index (χ1n) is 12.6. The minimum atomic E-state index is -2.29. The molecule has 0 bridgehead atoms. The van der Waals surface area contributed by atoms with E-state index in [-0.39, 0.29) is 28.0 Å². The Morgan fingerprint density at radius 1 is 1.10 bits per heavy atom. The lowest BCUT2D eigenvalue weighted by Gasteiger charge is -2.44. The molecule has 2 aromatic rings. The number of aromatic hydroxyl groups is 2. The van der Waals surface area contributed by atoms with Gasteiger partial charge in [0.05, 0.1) is 48.2 Å². The molecule has 1 aliphatic heterocycles. The zero-order valence-electron chi connectivity index (χ0n) is 21.4. The quantitative estimate of drug-likeness (QED) is 0.201. The molecule has 13 heteroatoms. The standard InChI is InChI=1S/C27H29FO12/c1-9-20(31)25(36)19(28)26(39-9)40-13-7-27(37,14(30)8-29)6-11-16(13)24(35)18-17(22(11)33)21(32)10-4-3-5-12(38-2)15(10)23(18)34/h3-5,9,13-14,19-20,25-26,29-31,33,35-37H,6-8H2,1-2H3/t9-,13?,14?,19+,20+,25-,26-,27-/m0/s1. The molecule has 12 nitrogen and oxygen atoms in total. The van der Waals surface area contributed by atoms with E-state index < -0.39 is 102 Å². The number of ketones is 2. The van der Waals surface area contributed by atoms with E-state index in [4.69, 9.17) is 14.2 Å². The maximum absolute atomic E-state index is 15.0. The number of benzene rings is 2. The van der Waals surface area contributed by atoms with Crippen molar-refractivity contribution in [2.45, 2.75) is 68.3 Å². The average Bonchev–Trinajstić information content (AvgIpc) is 2.94.